The van der Waals surface area contributed by atoms with Crippen LogP contribution in [-0.2, 0) is 0 Å². The summed E-state index contributed by atoms with van der Waals surface area (Å²) in [6.45, 7) is 3.37. The van der Waals surface area contributed by atoms with Crippen molar-refractivity contribution in [3.63, 3.8) is 0 Å². The van der Waals surface area contributed by atoms with Crippen LogP contribution in [0, 0.1) is 6.92 Å². The molecule has 1 N–H and O–H groups in total. The molecule has 0 radical (unpaired) electrons. The maximum Gasteiger partial charge on any atom is 0.208 e. The Hall–Kier alpha value is -0.680. The van der Waals surface area contributed by atoms with Gasteiger partial charge in [0.1, 0.15) is 5.01 Å². The van der Waals surface area contributed by atoms with E-state index in [2.05, 4.69) is 15.1 Å². The molecule has 84 valence electrons. The van der Waals surface area contributed by atoms with Crippen molar-refractivity contribution in [2.24, 2.45) is 0 Å². The second-order valence-electron chi connectivity index (χ2n) is 3.96. The van der Waals surface area contributed by atoms with Crippen LogP contribution < -0.4 is 4.90 Å². The molecule has 0 amide bonds. The van der Waals surface area contributed by atoms with Crippen molar-refractivity contribution in [3.05, 3.63) is 5.01 Å². The van der Waals surface area contributed by atoms with Gasteiger partial charge in [0.15, 0.2) is 0 Å². The molecule has 0 bridgehead atoms. The van der Waals surface area contributed by atoms with Crippen molar-refractivity contribution in [1.29, 1.82) is 0 Å². The van der Waals surface area contributed by atoms with E-state index in [1.54, 1.807) is 11.3 Å². The van der Waals surface area contributed by atoms with Crippen LogP contribution in [-0.4, -0.2) is 34.5 Å². The first kappa shape index (κ1) is 10.8. The largest absolute Gasteiger partial charge is 0.396 e. The minimum absolute atomic E-state index is 0.291. The Labute approximate surface area is 93.9 Å². The summed E-state index contributed by atoms with van der Waals surface area (Å²) in [4.78, 5) is 2.35. The van der Waals surface area contributed by atoms with E-state index in [4.69, 9.17) is 5.11 Å². The molecule has 1 unspecified atom stereocenters. The minimum atomic E-state index is 0.291. The van der Waals surface area contributed by atoms with Gasteiger partial charge in [-0.1, -0.05) is 11.3 Å². The number of hydrogen-bond acceptors (Lipinski definition) is 5. The highest BCUT2D eigenvalue weighted by molar-refractivity contribution is 7.15. The molecule has 1 aliphatic heterocycles. The first-order chi connectivity index (χ1) is 7.31. The summed E-state index contributed by atoms with van der Waals surface area (Å²) in [6.07, 6.45) is 4.40. The molecule has 0 aliphatic carbocycles. The third-order valence-corrected chi connectivity index (χ3v) is 3.71. The van der Waals surface area contributed by atoms with Crippen LogP contribution in [0.15, 0.2) is 0 Å². The second kappa shape index (κ2) is 4.90. The lowest BCUT2D eigenvalue weighted by Gasteiger charge is -2.23. The van der Waals surface area contributed by atoms with Gasteiger partial charge in [-0.15, -0.1) is 10.2 Å². The summed E-state index contributed by atoms with van der Waals surface area (Å²) in [5.74, 6) is 0. The van der Waals surface area contributed by atoms with Gasteiger partial charge in [0.2, 0.25) is 5.13 Å². The number of anilines is 1. The SMILES string of the molecule is Cc1nnc(N2CCCC2CCCO)s1. The summed E-state index contributed by atoms with van der Waals surface area (Å²) in [7, 11) is 0. The molecule has 0 saturated carbocycles. The lowest BCUT2D eigenvalue weighted by molar-refractivity contribution is 0.279. The van der Waals surface area contributed by atoms with Crippen molar-refractivity contribution in [2.75, 3.05) is 18.1 Å². The van der Waals surface area contributed by atoms with Crippen LogP contribution in [0.5, 0.6) is 0 Å². The molecule has 15 heavy (non-hydrogen) atoms. The molecule has 2 rings (SSSR count). The molecule has 0 spiro atoms. The van der Waals surface area contributed by atoms with E-state index >= 15 is 0 Å². The molecule has 5 heteroatoms. The molecule has 1 aromatic heterocycles. The van der Waals surface area contributed by atoms with Crippen LogP contribution in [0.1, 0.15) is 30.7 Å². The number of nitrogens with zero attached hydrogens (tertiary/aromatic N) is 3. The van der Waals surface area contributed by atoms with Gasteiger partial charge < -0.3 is 10.0 Å². The highest BCUT2D eigenvalue weighted by atomic mass is 32.1. The van der Waals surface area contributed by atoms with Gasteiger partial charge >= 0.3 is 0 Å². The summed E-state index contributed by atoms with van der Waals surface area (Å²) >= 11 is 1.66. The fourth-order valence-electron chi connectivity index (χ4n) is 2.12. The predicted molar refractivity (Wildman–Crippen MR) is 61.3 cm³/mol. The summed E-state index contributed by atoms with van der Waals surface area (Å²) in [6, 6.07) is 0.560. The summed E-state index contributed by atoms with van der Waals surface area (Å²) < 4.78 is 0. The van der Waals surface area contributed by atoms with Crippen LogP contribution in [0.3, 0.4) is 0 Å². The average Bonchev–Trinajstić information content (AvgIpc) is 2.82. The van der Waals surface area contributed by atoms with E-state index < -0.39 is 0 Å². The van der Waals surface area contributed by atoms with Gasteiger partial charge in [-0.2, -0.15) is 0 Å². The number of aryl methyl sites for hydroxylation is 1. The number of rotatable bonds is 4. The number of aromatic nitrogens is 2. The maximum atomic E-state index is 8.84. The zero-order valence-corrected chi connectivity index (χ0v) is 9.83. The predicted octanol–water partition coefficient (Wildman–Crippen LogP) is 1.59. The van der Waals surface area contributed by atoms with E-state index in [0.29, 0.717) is 12.6 Å². The molecule has 1 atom stereocenters. The van der Waals surface area contributed by atoms with E-state index in [-0.39, 0.29) is 0 Å². The number of aliphatic hydroxyl groups is 1. The van der Waals surface area contributed by atoms with Crippen molar-refractivity contribution in [1.82, 2.24) is 10.2 Å². The van der Waals surface area contributed by atoms with Crippen LogP contribution in [0.2, 0.25) is 0 Å². The highest BCUT2D eigenvalue weighted by Crippen LogP contribution is 2.29. The quantitative estimate of drug-likeness (QED) is 0.848. The molecule has 2 heterocycles. The van der Waals surface area contributed by atoms with Gasteiger partial charge in [-0.05, 0) is 32.6 Å². The molecular weight excluding hydrogens is 210 g/mol. The zero-order chi connectivity index (χ0) is 10.7. The van der Waals surface area contributed by atoms with Gasteiger partial charge in [0, 0.05) is 19.2 Å². The fraction of sp³-hybridized carbons (Fsp3) is 0.800. The normalized spacial score (nSPS) is 21.2. The second-order valence-corrected chi connectivity index (χ2v) is 5.12. The molecular formula is C10H17N3OS. The maximum absolute atomic E-state index is 8.84. The molecule has 1 saturated heterocycles. The zero-order valence-electron chi connectivity index (χ0n) is 9.02. The van der Waals surface area contributed by atoms with Gasteiger partial charge in [-0.3, -0.25) is 0 Å². The minimum Gasteiger partial charge on any atom is -0.396 e. The average molecular weight is 227 g/mol. The third-order valence-electron chi connectivity index (χ3n) is 2.83. The monoisotopic (exact) mass is 227 g/mol. The smallest absolute Gasteiger partial charge is 0.208 e. The Morgan fingerprint density at radius 3 is 3.07 bits per heavy atom. The van der Waals surface area contributed by atoms with Crippen LogP contribution in [0.25, 0.3) is 0 Å². The lowest BCUT2D eigenvalue weighted by Crippen LogP contribution is -2.29. The highest BCUT2D eigenvalue weighted by Gasteiger charge is 2.26. The Morgan fingerprint density at radius 1 is 1.53 bits per heavy atom. The van der Waals surface area contributed by atoms with E-state index in [1.807, 2.05) is 6.92 Å². The van der Waals surface area contributed by atoms with E-state index in [9.17, 15) is 0 Å². The summed E-state index contributed by atoms with van der Waals surface area (Å²) in [5.41, 5.74) is 0. The molecule has 1 aliphatic rings. The van der Waals surface area contributed by atoms with Crippen molar-refractivity contribution in [3.8, 4) is 0 Å². The Bertz CT molecular complexity index is 315. The standard InChI is InChI=1S/C10H17N3OS/c1-8-11-12-10(15-8)13-6-2-4-9(13)5-3-7-14/h9,14H,2-7H2,1H3. The van der Waals surface area contributed by atoms with Crippen LogP contribution in [0.4, 0.5) is 5.13 Å². The topological polar surface area (TPSA) is 49.2 Å². The Balaban J connectivity index is 2.01. The molecule has 4 nitrogen and oxygen atoms in total. The molecule has 1 fully saturated rings. The van der Waals surface area contributed by atoms with E-state index in [1.165, 1.54) is 12.8 Å². The fourth-order valence-corrected chi connectivity index (χ4v) is 2.90. The van der Waals surface area contributed by atoms with Crippen molar-refractivity contribution in [2.45, 2.75) is 38.6 Å². The van der Waals surface area contributed by atoms with Gasteiger partial charge in [-0.25, -0.2) is 0 Å². The van der Waals surface area contributed by atoms with Crippen molar-refractivity contribution >= 4 is 16.5 Å². The summed E-state index contributed by atoms with van der Waals surface area (Å²) in [5, 5.41) is 19.2. The third kappa shape index (κ3) is 2.46. The Morgan fingerprint density at radius 2 is 2.40 bits per heavy atom. The van der Waals surface area contributed by atoms with Crippen molar-refractivity contribution < 1.29 is 5.11 Å². The van der Waals surface area contributed by atoms with Gasteiger partial charge in [0.05, 0.1) is 0 Å². The first-order valence-electron chi connectivity index (χ1n) is 5.49. The van der Waals surface area contributed by atoms with Crippen LogP contribution >= 0.6 is 11.3 Å². The van der Waals surface area contributed by atoms with Gasteiger partial charge in [0.25, 0.3) is 0 Å². The molecule has 1 aromatic rings. The first-order valence-corrected chi connectivity index (χ1v) is 6.30. The molecule has 0 aromatic carbocycles. The number of aliphatic hydroxyl groups excluding tert-OH is 1. The lowest BCUT2D eigenvalue weighted by atomic mass is 10.1. The van der Waals surface area contributed by atoms with E-state index in [0.717, 1.165) is 29.5 Å². The number of hydrogen-bond donors (Lipinski definition) is 1. The Kier molecular flexibility index (Phi) is 3.53.